The second-order valence-corrected chi connectivity index (χ2v) is 8.18. The van der Waals surface area contributed by atoms with E-state index < -0.39 is 11.9 Å². The van der Waals surface area contributed by atoms with E-state index in [0.717, 1.165) is 12.0 Å². The number of benzene rings is 3. The number of aliphatic carboxylic acids is 1. The topological polar surface area (TPSA) is 76.5 Å². The predicted molar refractivity (Wildman–Crippen MR) is 128 cm³/mol. The molecule has 166 valence electrons. The molecule has 1 atom stereocenters. The molecule has 1 N–H and O–H groups in total. The Morgan fingerprint density at radius 2 is 1.64 bits per heavy atom. The summed E-state index contributed by atoms with van der Waals surface area (Å²) < 4.78 is 5.80. The molecule has 1 heterocycles. The van der Waals surface area contributed by atoms with E-state index in [0.29, 0.717) is 45.0 Å². The molecule has 4 rings (SSSR count). The number of fused-ring (bicyclic) bond motifs is 1. The summed E-state index contributed by atoms with van der Waals surface area (Å²) in [7, 11) is 0. The Balaban J connectivity index is 1.50. The van der Waals surface area contributed by atoms with Gasteiger partial charge in [-0.3, -0.25) is 14.6 Å². The van der Waals surface area contributed by atoms with Crippen molar-refractivity contribution in [2.45, 2.75) is 19.3 Å². The zero-order valence-electron chi connectivity index (χ0n) is 18.0. The fourth-order valence-electron chi connectivity index (χ4n) is 3.65. The third-order valence-electron chi connectivity index (χ3n) is 5.57. The number of halogens is 1. The van der Waals surface area contributed by atoms with E-state index in [4.69, 9.17) is 16.3 Å². The van der Waals surface area contributed by atoms with E-state index in [1.165, 1.54) is 6.20 Å². The van der Waals surface area contributed by atoms with Crippen molar-refractivity contribution in [1.82, 2.24) is 4.98 Å². The van der Waals surface area contributed by atoms with Gasteiger partial charge in [0.2, 0.25) is 5.78 Å². The number of aromatic nitrogens is 1. The molecule has 0 spiro atoms. The maximum absolute atomic E-state index is 13.2. The Bertz CT molecular complexity index is 1300. The SMILES string of the molecule is CC(C(=O)O)c1cnc(C(=O)c2ccc(OCCc3ccc(Cl)cc3)cc2)c2ccccc12. The average Bonchev–Trinajstić information content (AvgIpc) is 2.84. The van der Waals surface area contributed by atoms with Crippen molar-refractivity contribution in [3.05, 3.63) is 106 Å². The van der Waals surface area contributed by atoms with Crippen LogP contribution in [0.2, 0.25) is 5.02 Å². The summed E-state index contributed by atoms with van der Waals surface area (Å²) in [5.74, 6) is -1.22. The van der Waals surface area contributed by atoms with E-state index in [9.17, 15) is 14.7 Å². The number of ketones is 1. The van der Waals surface area contributed by atoms with E-state index in [2.05, 4.69) is 4.98 Å². The second-order valence-electron chi connectivity index (χ2n) is 7.75. The fraction of sp³-hybridized carbons (Fsp3) is 0.148. The fourth-order valence-corrected chi connectivity index (χ4v) is 3.78. The molecular weight excluding hydrogens is 438 g/mol. The van der Waals surface area contributed by atoms with E-state index in [1.807, 2.05) is 42.5 Å². The summed E-state index contributed by atoms with van der Waals surface area (Å²) in [6.07, 6.45) is 2.23. The number of carbonyl (C=O) groups excluding carboxylic acids is 1. The van der Waals surface area contributed by atoms with Crippen LogP contribution in [0.3, 0.4) is 0 Å². The van der Waals surface area contributed by atoms with Gasteiger partial charge in [-0.25, -0.2) is 0 Å². The molecule has 0 aliphatic heterocycles. The molecule has 0 aliphatic rings. The molecule has 0 fully saturated rings. The van der Waals surface area contributed by atoms with Crippen LogP contribution in [0.1, 0.15) is 40.0 Å². The third kappa shape index (κ3) is 5.04. The van der Waals surface area contributed by atoms with Gasteiger partial charge < -0.3 is 9.84 Å². The van der Waals surface area contributed by atoms with Gasteiger partial charge in [-0.1, -0.05) is 48.0 Å². The number of pyridine rings is 1. The summed E-state index contributed by atoms with van der Waals surface area (Å²) in [4.78, 5) is 29.0. The lowest BCUT2D eigenvalue weighted by Crippen LogP contribution is -2.11. The van der Waals surface area contributed by atoms with Crippen molar-refractivity contribution in [3.8, 4) is 5.75 Å². The van der Waals surface area contributed by atoms with Crippen molar-refractivity contribution in [3.63, 3.8) is 0 Å². The number of carbonyl (C=O) groups is 2. The predicted octanol–water partition coefficient (Wildman–Crippen LogP) is 5.93. The minimum Gasteiger partial charge on any atom is -0.493 e. The summed E-state index contributed by atoms with van der Waals surface area (Å²) in [5.41, 5.74) is 2.49. The van der Waals surface area contributed by atoms with Gasteiger partial charge in [0.25, 0.3) is 0 Å². The Kier molecular flexibility index (Phi) is 6.71. The van der Waals surface area contributed by atoms with E-state index in [1.54, 1.807) is 37.3 Å². The van der Waals surface area contributed by atoms with E-state index in [-0.39, 0.29) is 5.78 Å². The molecule has 33 heavy (non-hydrogen) atoms. The number of rotatable bonds is 8. The summed E-state index contributed by atoms with van der Waals surface area (Å²) in [6, 6.07) is 21.8. The molecule has 0 aliphatic carbocycles. The maximum Gasteiger partial charge on any atom is 0.310 e. The van der Waals surface area contributed by atoms with Gasteiger partial charge in [-0.05, 0) is 59.8 Å². The molecule has 0 bridgehead atoms. The molecule has 6 heteroatoms. The van der Waals surface area contributed by atoms with Gasteiger partial charge in [0.15, 0.2) is 0 Å². The summed E-state index contributed by atoms with van der Waals surface area (Å²) >= 11 is 5.91. The molecule has 5 nitrogen and oxygen atoms in total. The molecule has 0 saturated carbocycles. The molecule has 0 saturated heterocycles. The van der Waals surface area contributed by atoms with Crippen LogP contribution in [-0.2, 0) is 11.2 Å². The Hall–Kier alpha value is -3.70. The first-order chi connectivity index (χ1) is 15.9. The molecular formula is C27H22ClNO4. The minimum absolute atomic E-state index is 0.228. The number of ether oxygens (including phenoxy) is 1. The van der Waals surface area contributed by atoms with Crippen molar-refractivity contribution in [1.29, 1.82) is 0 Å². The Morgan fingerprint density at radius 3 is 2.30 bits per heavy atom. The minimum atomic E-state index is -0.937. The van der Waals surface area contributed by atoms with Gasteiger partial charge in [-0.15, -0.1) is 0 Å². The van der Waals surface area contributed by atoms with Gasteiger partial charge in [0, 0.05) is 28.6 Å². The molecule has 0 radical (unpaired) electrons. The lowest BCUT2D eigenvalue weighted by Gasteiger charge is -2.13. The first kappa shape index (κ1) is 22.5. The van der Waals surface area contributed by atoms with E-state index >= 15 is 0 Å². The molecule has 1 unspecified atom stereocenters. The molecule has 4 aromatic rings. The van der Waals surface area contributed by atoms with Gasteiger partial charge in [0.05, 0.1) is 12.5 Å². The van der Waals surface area contributed by atoms with Crippen molar-refractivity contribution in [2.24, 2.45) is 0 Å². The number of hydrogen-bond donors (Lipinski definition) is 1. The van der Waals surface area contributed by atoms with Crippen molar-refractivity contribution >= 4 is 34.1 Å². The highest BCUT2D eigenvalue weighted by atomic mass is 35.5. The van der Waals surface area contributed by atoms with Crippen LogP contribution in [-0.4, -0.2) is 28.4 Å². The third-order valence-corrected chi connectivity index (χ3v) is 5.82. The standard InChI is InChI=1S/C27H22ClNO4/c1-17(27(31)32)24-16-29-25(23-5-3-2-4-22(23)24)26(30)19-8-12-21(13-9-19)33-15-14-18-6-10-20(28)11-7-18/h2-13,16-17H,14-15H2,1H3,(H,31,32). The number of hydrogen-bond acceptors (Lipinski definition) is 4. The summed E-state index contributed by atoms with van der Waals surface area (Å²) in [6.45, 7) is 2.11. The molecule has 0 amide bonds. The van der Waals surface area contributed by atoms with Crippen LogP contribution in [0, 0.1) is 0 Å². The number of carboxylic acids is 1. The highest BCUT2D eigenvalue weighted by Crippen LogP contribution is 2.28. The van der Waals surface area contributed by atoms with Crippen LogP contribution in [0.4, 0.5) is 0 Å². The van der Waals surface area contributed by atoms with Crippen LogP contribution in [0.15, 0.2) is 79.0 Å². The van der Waals surface area contributed by atoms with Crippen LogP contribution < -0.4 is 4.74 Å². The van der Waals surface area contributed by atoms with Crippen LogP contribution in [0.5, 0.6) is 5.75 Å². The monoisotopic (exact) mass is 459 g/mol. The van der Waals surface area contributed by atoms with Gasteiger partial charge in [0.1, 0.15) is 11.4 Å². The molecule has 1 aromatic heterocycles. The maximum atomic E-state index is 13.2. The first-order valence-electron chi connectivity index (χ1n) is 10.6. The summed E-state index contributed by atoms with van der Waals surface area (Å²) in [5, 5.41) is 11.5. The molecule has 3 aromatic carbocycles. The first-order valence-corrected chi connectivity index (χ1v) is 10.9. The highest BCUT2D eigenvalue weighted by Gasteiger charge is 2.21. The Morgan fingerprint density at radius 1 is 0.970 bits per heavy atom. The average molecular weight is 460 g/mol. The van der Waals surface area contributed by atoms with Gasteiger partial charge >= 0.3 is 5.97 Å². The zero-order chi connectivity index (χ0) is 23.4. The smallest absolute Gasteiger partial charge is 0.310 e. The normalized spacial score (nSPS) is 11.8. The number of carboxylic acid groups (broad SMARTS) is 1. The lowest BCUT2D eigenvalue weighted by atomic mass is 9.94. The van der Waals surface area contributed by atoms with Gasteiger partial charge in [-0.2, -0.15) is 0 Å². The van der Waals surface area contributed by atoms with Crippen molar-refractivity contribution in [2.75, 3.05) is 6.61 Å². The van der Waals surface area contributed by atoms with Crippen LogP contribution in [0.25, 0.3) is 10.8 Å². The second kappa shape index (κ2) is 9.84. The Labute approximate surface area is 196 Å². The zero-order valence-corrected chi connectivity index (χ0v) is 18.8. The number of nitrogens with zero attached hydrogens (tertiary/aromatic N) is 1. The van der Waals surface area contributed by atoms with Crippen LogP contribution >= 0.6 is 11.6 Å². The lowest BCUT2D eigenvalue weighted by molar-refractivity contribution is -0.138. The quantitative estimate of drug-likeness (QED) is 0.330. The highest BCUT2D eigenvalue weighted by molar-refractivity contribution is 6.30. The van der Waals surface area contributed by atoms with Crippen molar-refractivity contribution < 1.29 is 19.4 Å². The largest absolute Gasteiger partial charge is 0.493 e.